The molecule has 5 nitrogen and oxygen atoms in total. The standard InChI is InChI=1S/C26H18Cl2N2O3S2/c1-15-22(25(32)33-14-16-6-3-2-4-7-16)23(20-8-5-11-34-20)30-24(31)21(35-26(30)29-15)13-17-9-10-18(27)19(28)12-17/h2-13,23H,14H2,1H3/b21-13+. The number of halogens is 2. The average molecular weight is 541 g/mol. The molecule has 0 N–H and O–H groups in total. The summed E-state index contributed by atoms with van der Waals surface area (Å²) < 4.78 is 7.71. The Bertz CT molecular complexity index is 1620. The Morgan fingerprint density at radius 3 is 2.63 bits per heavy atom. The molecule has 0 radical (unpaired) electrons. The Kier molecular flexibility index (Phi) is 6.75. The van der Waals surface area contributed by atoms with Gasteiger partial charge in [-0.2, -0.15) is 0 Å². The second-order valence-electron chi connectivity index (χ2n) is 7.83. The van der Waals surface area contributed by atoms with Gasteiger partial charge in [-0.15, -0.1) is 11.3 Å². The Morgan fingerprint density at radius 1 is 1.11 bits per heavy atom. The lowest BCUT2D eigenvalue weighted by Crippen LogP contribution is -2.39. The van der Waals surface area contributed by atoms with Crippen molar-refractivity contribution in [2.45, 2.75) is 19.6 Å². The van der Waals surface area contributed by atoms with Crippen LogP contribution in [0.5, 0.6) is 0 Å². The fraction of sp³-hybridized carbons (Fsp3) is 0.115. The van der Waals surface area contributed by atoms with E-state index in [9.17, 15) is 9.59 Å². The van der Waals surface area contributed by atoms with Gasteiger partial charge in [-0.3, -0.25) is 9.36 Å². The molecule has 0 amide bonds. The molecule has 3 heterocycles. The Morgan fingerprint density at radius 2 is 1.91 bits per heavy atom. The number of ether oxygens (including phenoxy) is 1. The monoisotopic (exact) mass is 540 g/mol. The Labute approximate surface area is 218 Å². The van der Waals surface area contributed by atoms with Gasteiger partial charge < -0.3 is 4.74 Å². The maximum Gasteiger partial charge on any atom is 0.338 e. The van der Waals surface area contributed by atoms with Crippen molar-refractivity contribution >= 4 is 57.9 Å². The van der Waals surface area contributed by atoms with Crippen LogP contribution in [0.2, 0.25) is 10.0 Å². The first-order chi connectivity index (χ1) is 16.9. The van der Waals surface area contributed by atoms with Gasteiger partial charge in [-0.25, -0.2) is 9.79 Å². The van der Waals surface area contributed by atoms with Crippen molar-refractivity contribution in [3.63, 3.8) is 0 Å². The number of esters is 1. The van der Waals surface area contributed by atoms with E-state index in [0.717, 1.165) is 16.0 Å². The third kappa shape index (κ3) is 4.77. The molecule has 9 heteroatoms. The molecule has 1 aliphatic rings. The summed E-state index contributed by atoms with van der Waals surface area (Å²) in [7, 11) is 0. The first-order valence-electron chi connectivity index (χ1n) is 10.6. The number of aromatic nitrogens is 1. The van der Waals surface area contributed by atoms with Gasteiger partial charge in [0.1, 0.15) is 12.6 Å². The third-order valence-electron chi connectivity index (χ3n) is 5.51. The van der Waals surface area contributed by atoms with Crippen molar-refractivity contribution in [2.24, 2.45) is 4.99 Å². The zero-order valence-electron chi connectivity index (χ0n) is 18.4. The van der Waals surface area contributed by atoms with Gasteiger partial charge >= 0.3 is 5.97 Å². The van der Waals surface area contributed by atoms with Crippen LogP contribution in [0.4, 0.5) is 0 Å². The van der Waals surface area contributed by atoms with Crippen molar-refractivity contribution in [1.82, 2.24) is 4.57 Å². The molecule has 0 aliphatic carbocycles. The van der Waals surface area contributed by atoms with E-state index in [2.05, 4.69) is 4.99 Å². The lowest BCUT2D eigenvalue weighted by Gasteiger charge is -2.23. The maximum atomic E-state index is 13.6. The first kappa shape index (κ1) is 23.8. The SMILES string of the molecule is CC1=C(C(=O)OCc2ccccc2)C(c2cccs2)n2c(s/c(=C/c3ccc(Cl)c(Cl)c3)c2=O)=N1. The van der Waals surface area contributed by atoms with Gasteiger partial charge in [0, 0.05) is 4.88 Å². The molecule has 35 heavy (non-hydrogen) atoms. The molecule has 5 rings (SSSR count). The van der Waals surface area contributed by atoms with Crippen molar-refractivity contribution in [1.29, 1.82) is 0 Å². The van der Waals surface area contributed by atoms with Crippen LogP contribution in [0.3, 0.4) is 0 Å². The second-order valence-corrected chi connectivity index (χ2v) is 10.6. The van der Waals surface area contributed by atoms with Gasteiger partial charge in [-0.1, -0.05) is 77.0 Å². The lowest BCUT2D eigenvalue weighted by atomic mass is 10.0. The highest BCUT2D eigenvalue weighted by atomic mass is 35.5. The number of rotatable bonds is 5. The van der Waals surface area contributed by atoms with E-state index in [4.69, 9.17) is 27.9 Å². The van der Waals surface area contributed by atoms with Crippen molar-refractivity contribution in [3.05, 3.63) is 123 Å². The molecular formula is C26H18Cl2N2O3S2. The van der Waals surface area contributed by atoms with Gasteiger partial charge in [0.15, 0.2) is 4.80 Å². The molecule has 2 aromatic carbocycles. The predicted molar refractivity (Wildman–Crippen MR) is 141 cm³/mol. The molecule has 1 atom stereocenters. The largest absolute Gasteiger partial charge is 0.457 e. The number of hydrogen-bond donors (Lipinski definition) is 0. The van der Waals surface area contributed by atoms with E-state index in [0.29, 0.717) is 30.6 Å². The summed E-state index contributed by atoms with van der Waals surface area (Å²) >= 11 is 14.9. The number of thiophene rings is 1. The Hall–Kier alpha value is -2.97. The summed E-state index contributed by atoms with van der Waals surface area (Å²) in [5.41, 5.74) is 2.28. The Balaban J connectivity index is 1.58. The van der Waals surface area contributed by atoms with Crippen LogP contribution in [0.1, 0.15) is 29.0 Å². The topological polar surface area (TPSA) is 60.7 Å². The molecule has 0 fully saturated rings. The van der Waals surface area contributed by atoms with E-state index in [1.54, 1.807) is 35.8 Å². The molecule has 0 saturated carbocycles. The maximum absolute atomic E-state index is 13.6. The van der Waals surface area contributed by atoms with Crippen LogP contribution < -0.4 is 14.9 Å². The number of nitrogens with zero attached hydrogens (tertiary/aromatic N) is 2. The van der Waals surface area contributed by atoms with Crippen molar-refractivity contribution in [2.75, 3.05) is 0 Å². The molecule has 176 valence electrons. The molecule has 1 aliphatic heterocycles. The van der Waals surface area contributed by atoms with E-state index in [1.165, 1.54) is 22.7 Å². The van der Waals surface area contributed by atoms with Crippen LogP contribution in [-0.2, 0) is 16.1 Å². The third-order valence-corrected chi connectivity index (χ3v) is 8.16. The highest BCUT2D eigenvalue weighted by Crippen LogP contribution is 2.33. The molecule has 2 aromatic heterocycles. The molecule has 4 aromatic rings. The lowest BCUT2D eigenvalue weighted by molar-refractivity contribution is -0.140. The first-order valence-corrected chi connectivity index (χ1v) is 13.1. The predicted octanol–water partition coefficient (Wildman–Crippen LogP) is 5.35. The summed E-state index contributed by atoms with van der Waals surface area (Å²) in [6, 6.07) is 17.8. The van der Waals surface area contributed by atoms with Gasteiger partial charge in [0.2, 0.25) is 0 Å². The quantitative estimate of drug-likeness (QED) is 0.320. The minimum absolute atomic E-state index is 0.134. The number of benzene rings is 2. The zero-order chi connectivity index (χ0) is 24.5. The average Bonchev–Trinajstić information content (AvgIpc) is 3.48. The summed E-state index contributed by atoms with van der Waals surface area (Å²) in [5, 5.41) is 2.77. The van der Waals surface area contributed by atoms with Crippen LogP contribution in [0.15, 0.2) is 87.1 Å². The van der Waals surface area contributed by atoms with E-state index in [1.807, 2.05) is 47.8 Å². The molecule has 0 saturated heterocycles. The zero-order valence-corrected chi connectivity index (χ0v) is 21.5. The number of thiazole rings is 1. The fourth-order valence-corrected chi connectivity index (χ4v) is 6.03. The summed E-state index contributed by atoms with van der Waals surface area (Å²) in [6.45, 7) is 1.91. The summed E-state index contributed by atoms with van der Waals surface area (Å²) in [4.78, 5) is 32.9. The highest BCUT2D eigenvalue weighted by molar-refractivity contribution is 7.10. The minimum Gasteiger partial charge on any atom is -0.457 e. The number of allylic oxidation sites excluding steroid dienone is 1. The molecule has 1 unspecified atom stereocenters. The van der Waals surface area contributed by atoms with Crippen LogP contribution in [-0.4, -0.2) is 10.5 Å². The van der Waals surface area contributed by atoms with Gasteiger partial charge in [0.25, 0.3) is 5.56 Å². The van der Waals surface area contributed by atoms with E-state index >= 15 is 0 Å². The fourth-order valence-electron chi connectivity index (χ4n) is 3.85. The van der Waals surface area contributed by atoms with E-state index < -0.39 is 12.0 Å². The molecule has 0 spiro atoms. The molecular weight excluding hydrogens is 523 g/mol. The highest BCUT2D eigenvalue weighted by Gasteiger charge is 2.34. The molecule has 0 bridgehead atoms. The van der Waals surface area contributed by atoms with Crippen LogP contribution in [0, 0.1) is 0 Å². The summed E-state index contributed by atoms with van der Waals surface area (Å²) in [5.74, 6) is -0.493. The van der Waals surface area contributed by atoms with Gasteiger partial charge in [-0.05, 0) is 47.7 Å². The van der Waals surface area contributed by atoms with Gasteiger partial charge in [0.05, 0.1) is 25.8 Å². The number of fused-ring (bicyclic) bond motifs is 1. The van der Waals surface area contributed by atoms with E-state index in [-0.39, 0.29) is 12.2 Å². The normalized spacial score (nSPS) is 15.6. The van der Waals surface area contributed by atoms with Crippen LogP contribution in [0.25, 0.3) is 6.08 Å². The number of carbonyl (C=O) groups excluding carboxylic acids is 1. The second kappa shape index (κ2) is 9.95. The van der Waals surface area contributed by atoms with Crippen molar-refractivity contribution in [3.8, 4) is 0 Å². The van der Waals surface area contributed by atoms with Crippen molar-refractivity contribution < 1.29 is 9.53 Å². The smallest absolute Gasteiger partial charge is 0.338 e. The number of hydrogen-bond acceptors (Lipinski definition) is 6. The summed E-state index contributed by atoms with van der Waals surface area (Å²) in [6.07, 6.45) is 1.75. The minimum atomic E-state index is -0.620. The number of carbonyl (C=O) groups is 1. The van der Waals surface area contributed by atoms with Crippen LogP contribution >= 0.6 is 45.9 Å².